The van der Waals surface area contributed by atoms with Crippen molar-refractivity contribution in [3.63, 3.8) is 0 Å². The topological polar surface area (TPSA) is 60.9 Å². The van der Waals surface area contributed by atoms with Gasteiger partial charge in [0.2, 0.25) is 0 Å². The third-order valence-corrected chi connectivity index (χ3v) is 6.47. The maximum atomic E-state index is 13.4. The number of anilines is 2. The Bertz CT molecular complexity index is 978. The highest BCUT2D eigenvalue weighted by atomic mass is 32.2. The minimum absolute atomic E-state index is 0.0611. The SMILES string of the molecule is CCN(CC)c1ccc(N2C(=O)C(SCCO)=C(c3ccc(C)c(C)c3)C2=O)cc1. The number of aryl methyl sites for hydroxylation is 2. The summed E-state index contributed by atoms with van der Waals surface area (Å²) in [6.07, 6.45) is 0. The summed E-state index contributed by atoms with van der Waals surface area (Å²) in [4.78, 5) is 30.4. The first-order chi connectivity index (χ1) is 14.4. The van der Waals surface area contributed by atoms with Gasteiger partial charge in [-0.3, -0.25) is 9.59 Å². The second-order valence-corrected chi connectivity index (χ2v) is 8.31. The van der Waals surface area contributed by atoms with Gasteiger partial charge in [0.25, 0.3) is 11.8 Å². The fourth-order valence-electron chi connectivity index (χ4n) is 3.58. The van der Waals surface area contributed by atoms with Gasteiger partial charge >= 0.3 is 0 Å². The molecule has 2 aromatic rings. The van der Waals surface area contributed by atoms with E-state index in [4.69, 9.17) is 0 Å². The van der Waals surface area contributed by atoms with Crippen LogP contribution in [0.2, 0.25) is 0 Å². The second kappa shape index (κ2) is 9.49. The Labute approximate surface area is 182 Å². The van der Waals surface area contributed by atoms with E-state index in [2.05, 4.69) is 18.7 Å². The number of carbonyl (C=O) groups is 2. The van der Waals surface area contributed by atoms with E-state index in [0.717, 1.165) is 35.5 Å². The van der Waals surface area contributed by atoms with Crippen LogP contribution in [0.4, 0.5) is 11.4 Å². The Kier molecular flexibility index (Phi) is 7.00. The van der Waals surface area contributed by atoms with Crippen molar-refractivity contribution in [1.82, 2.24) is 0 Å². The number of nitrogens with zero attached hydrogens (tertiary/aromatic N) is 2. The molecule has 1 heterocycles. The summed E-state index contributed by atoms with van der Waals surface area (Å²) in [5, 5.41) is 9.27. The molecule has 5 nitrogen and oxygen atoms in total. The minimum Gasteiger partial charge on any atom is -0.396 e. The zero-order valence-corrected chi connectivity index (χ0v) is 18.8. The average Bonchev–Trinajstić information content (AvgIpc) is 2.99. The third-order valence-electron chi connectivity index (χ3n) is 5.41. The summed E-state index contributed by atoms with van der Waals surface area (Å²) in [5.41, 5.74) is 4.95. The van der Waals surface area contributed by atoms with Crippen LogP contribution in [0.25, 0.3) is 5.57 Å². The van der Waals surface area contributed by atoms with E-state index in [1.165, 1.54) is 16.7 Å². The Hall–Kier alpha value is -2.57. The van der Waals surface area contributed by atoms with Crippen molar-refractivity contribution >= 4 is 40.5 Å². The van der Waals surface area contributed by atoms with Crippen molar-refractivity contribution in [1.29, 1.82) is 0 Å². The molecule has 0 unspecified atom stereocenters. The molecule has 0 saturated heterocycles. The van der Waals surface area contributed by atoms with Gasteiger partial charge < -0.3 is 10.0 Å². The van der Waals surface area contributed by atoms with Crippen LogP contribution in [-0.4, -0.2) is 42.4 Å². The third kappa shape index (κ3) is 4.16. The summed E-state index contributed by atoms with van der Waals surface area (Å²) in [5.74, 6) is -0.293. The van der Waals surface area contributed by atoms with E-state index in [1.54, 1.807) is 0 Å². The largest absolute Gasteiger partial charge is 0.396 e. The predicted octanol–water partition coefficient (Wildman–Crippen LogP) is 4.16. The van der Waals surface area contributed by atoms with Crippen LogP contribution in [0.5, 0.6) is 0 Å². The lowest BCUT2D eigenvalue weighted by Gasteiger charge is -2.22. The quantitative estimate of drug-likeness (QED) is 0.645. The lowest BCUT2D eigenvalue weighted by Crippen LogP contribution is -2.31. The number of rotatable bonds is 8. The molecule has 1 aliphatic heterocycles. The summed E-state index contributed by atoms with van der Waals surface area (Å²) < 4.78 is 0. The van der Waals surface area contributed by atoms with Gasteiger partial charge in [-0.05, 0) is 68.7 Å². The van der Waals surface area contributed by atoms with Crippen molar-refractivity contribution in [2.24, 2.45) is 0 Å². The number of carbonyl (C=O) groups excluding carboxylic acids is 2. The van der Waals surface area contributed by atoms with Gasteiger partial charge in [-0.1, -0.05) is 18.2 Å². The number of aliphatic hydroxyl groups is 1. The normalized spacial score (nSPS) is 14.1. The number of thioether (sulfide) groups is 1. The Balaban J connectivity index is 2.00. The number of benzene rings is 2. The van der Waals surface area contributed by atoms with E-state index < -0.39 is 0 Å². The average molecular weight is 425 g/mol. The molecule has 1 N–H and O–H groups in total. The predicted molar refractivity (Wildman–Crippen MR) is 125 cm³/mol. The summed E-state index contributed by atoms with van der Waals surface area (Å²) in [7, 11) is 0. The molecule has 2 aromatic carbocycles. The van der Waals surface area contributed by atoms with Crippen molar-refractivity contribution in [2.45, 2.75) is 27.7 Å². The molecule has 0 atom stereocenters. The molecule has 0 radical (unpaired) electrons. The zero-order chi connectivity index (χ0) is 21.8. The lowest BCUT2D eigenvalue weighted by molar-refractivity contribution is -0.119. The van der Waals surface area contributed by atoms with E-state index >= 15 is 0 Å². The highest BCUT2D eigenvalue weighted by Gasteiger charge is 2.40. The number of hydrogen-bond donors (Lipinski definition) is 1. The van der Waals surface area contributed by atoms with Gasteiger partial charge in [-0.2, -0.15) is 0 Å². The van der Waals surface area contributed by atoms with E-state index in [1.807, 2.05) is 56.3 Å². The molecular weight excluding hydrogens is 396 g/mol. The molecule has 6 heteroatoms. The van der Waals surface area contributed by atoms with Crippen molar-refractivity contribution in [3.8, 4) is 0 Å². The zero-order valence-electron chi connectivity index (χ0n) is 17.9. The monoisotopic (exact) mass is 424 g/mol. The second-order valence-electron chi connectivity index (χ2n) is 7.21. The number of amides is 2. The fourth-order valence-corrected chi connectivity index (χ4v) is 4.44. The van der Waals surface area contributed by atoms with Crippen LogP contribution in [-0.2, 0) is 9.59 Å². The summed E-state index contributed by atoms with van der Waals surface area (Å²) >= 11 is 1.23. The smallest absolute Gasteiger partial charge is 0.272 e. The van der Waals surface area contributed by atoms with Crippen molar-refractivity contribution < 1.29 is 14.7 Å². The Morgan fingerprint density at radius 1 is 0.933 bits per heavy atom. The molecule has 2 amide bonds. The summed E-state index contributed by atoms with van der Waals surface area (Å²) in [6, 6.07) is 13.3. The first kappa shape index (κ1) is 22.1. The Morgan fingerprint density at radius 2 is 1.60 bits per heavy atom. The van der Waals surface area contributed by atoms with Gasteiger partial charge in [-0.25, -0.2) is 4.90 Å². The maximum Gasteiger partial charge on any atom is 0.272 e. The number of hydrogen-bond acceptors (Lipinski definition) is 5. The molecule has 0 bridgehead atoms. The van der Waals surface area contributed by atoms with Crippen molar-refractivity contribution in [2.75, 3.05) is 35.2 Å². The fraction of sp³-hybridized carbons (Fsp3) is 0.333. The van der Waals surface area contributed by atoms with E-state index in [9.17, 15) is 14.7 Å². The van der Waals surface area contributed by atoms with Gasteiger partial charge in [0.1, 0.15) is 0 Å². The first-order valence-corrected chi connectivity index (χ1v) is 11.2. The summed E-state index contributed by atoms with van der Waals surface area (Å²) in [6.45, 7) is 9.90. The molecular formula is C24H28N2O3S. The van der Waals surface area contributed by atoms with E-state index in [0.29, 0.717) is 21.9 Å². The molecule has 0 fully saturated rings. The molecule has 0 aliphatic carbocycles. The highest BCUT2D eigenvalue weighted by Crippen LogP contribution is 2.39. The van der Waals surface area contributed by atoms with Crippen LogP contribution in [0.1, 0.15) is 30.5 Å². The van der Waals surface area contributed by atoms with Gasteiger partial charge in [-0.15, -0.1) is 11.8 Å². The van der Waals surface area contributed by atoms with Crippen LogP contribution in [0.15, 0.2) is 47.4 Å². The minimum atomic E-state index is -0.331. The highest BCUT2D eigenvalue weighted by molar-refractivity contribution is 8.04. The van der Waals surface area contributed by atoms with Gasteiger partial charge in [0.15, 0.2) is 0 Å². The standard InChI is InChI=1S/C24H28N2O3S/c1-5-25(6-2)19-9-11-20(12-10-19)26-23(28)21(22(24(26)29)30-14-13-27)18-8-7-16(3)17(4)15-18/h7-12,15,27H,5-6,13-14H2,1-4H3. The van der Waals surface area contributed by atoms with Crippen LogP contribution < -0.4 is 9.80 Å². The maximum absolute atomic E-state index is 13.4. The molecule has 158 valence electrons. The molecule has 3 rings (SSSR count). The first-order valence-electron chi connectivity index (χ1n) is 10.2. The molecule has 0 spiro atoms. The lowest BCUT2D eigenvalue weighted by atomic mass is 10.0. The van der Waals surface area contributed by atoms with Crippen LogP contribution >= 0.6 is 11.8 Å². The molecule has 0 aromatic heterocycles. The van der Waals surface area contributed by atoms with Crippen molar-refractivity contribution in [3.05, 3.63) is 64.1 Å². The number of aliphatic hydroxyl groups excluding tert-OH is 1. The molecule has 1 aliphatic rings. The molecule has 0 saturated carbocycles. The van der Waals surface area contributed by atoms with E-state index in [-0.39, 0.29) is 18.4 Å². The van der Waals surface area contributed by atoms with Gasteiger partial charge in [0.05, 0.1) is 22.8 Å². The number of imide groups is 1. The van der Waals surface area contributed by atoms with Gasteiger partial charge in [0, 0.05) is 24.5 Å². The Morgan fingerprint density at radius 3 is 2.17 bits per heavy atom. The van der Waals surface area contributed by atoms with Crippen LogP contribution in [0, 0.1) is 13.8 Å². The molecule has 30 heavy (non-hydrogen) atoms. The van der Waals surface area contributed by atoms with Crippen LogP contribution in [0.3, 0.4) is 0 Å².